The third kappa shape index (κ3) is 4.98. The molecule has 0 bridgehead atoms. The molecule has 0 saturated heterocycles. The highest BCUT2D eigenvalue weighted by molar-refractivity contribution is 5.73. The van der Waals surface area contributed by atoms with Crippen molar-refractivity contribution in [2.75, 3.05) is 6.61 Å². The van der Waals surface area contributed by atoms with Crippen LogP contribution in [0.5, 0.6) is 5.75 Å². The molecule has 1 aromatic heterocycles. The lowest BCUT2D eigenvalue weighted by atomic mass is 10.1. The Morgan fingerprint density at radius 1 is 1.18 bits per heavy atom. The number of aliphatic carboxylic acids is 1. The molecule has 0 aliphatic rings. The van der Waals surface area contributed by atoms with Crippen molar-refractivity contribution in [1.29, 1.82) is 0 Å². The van der Waals surface area contributed by atoms with Crippen molar-refractivity contribution >= 4 is 5.97 Å². The molecule has 0 aliphatic carbocycles. The van der Waals surface area contributed by atoms with E-state index < -0.39 is 12.0 Å². The summed E-state index contributed by atoms with van der Waals surface area (Å²) in [7, 11) is 0. The fourth-order valence-corrected chi connectivity index (χ4v) is 2.89. The lowest BCUT2D eigenvalue weighted by Crippen LogP contribution is -2.32. The van der Waals surface area contributed by atoms with E-state index in [9.17, 15) is 4.79 Å². The average molecular weight is 380 g/mol. The van der Waals surface area contributed by atoms with Gasteiger partial charge in [-0.2, -0.15) is 0 Å². The number of aromatic nitrogens is 1. The summed E-state index contributed by atoms with van der Waals surface area (Å²) >= 11 is 0. The van der Waals surface area contributed by atoms with Gasteiger partial charge in [0.15, 0.2) is 0 Å². The number of ether oxygens (including phenoxy) is 1. The number of carboxylic acid groups (broad SMARTS) is 1. The minimum atomic E-state index is -1.01. The van der Waals surface area contributed by atoms with Crippen molar-refractivity contribution in [3.8, 4) is 17.2 Å². The van der Waals surface area contributed by atoms with Crippen LogP contribution in [0.1, 0.15) is 23.9 Å². The second-order valence-corrected chi connectivity index (χ2v) is 6.50. The van der Waals surface area contributed by atoms with Gasteiger partial charge in [-0.1, -0.05) is 37.3 Å². The van der Waals surface area contributed by atoms with Crippen LogP contribution in [0.15, 0.2) is 59.0 Å². The number of oxazole rings is 1. The van der Waals surface area contributed by atoms with Crippen LogP contribution in [0, 0.1) is 0 Å². The molecule has 0 amide bonds. The van der Waals surface area contributed by atoms with Gasteiger partial charge in [0.25, 0.3) is 0 Å². The first-order valence-corrected chi connectivity index (χ1v) is 9.31. The molecule has 3 N–H and O–H groups in total. The molecule has 146 valence electrons. The Bertz CT molecular complexity index is 904. The monoisotopic (exact) mass is 380 g/mol. The Labute approximate surface area is 164 Å². The highest BCUT2D eigenvalue weighted by Crippen LogP contribution is 2.23. The maximum absolute atomic E-state index is 10.8. The number of aryl methyl sites for hydroxylation is 1. The van der Waals surface area contributed by atoms with Gasteiger partial charge in [0.05, 0.1) is 12.3 Å². The molecule has 3 aromatic rings. The Hall–Kier alpha value is -3.12. The molecule has 1 atom stereocenters. The number of nitrogens with two attached hydrogens (primary N) is 1. The van der Waals surface area contributed by atoms with Gasteiger partial charge in [0.2, 0.25) is 5.89 Å². The van der Waals surface area contributed by atoms with E-state index in [2.05, 4.69) is 4.98 Å². The van der Waals surface area contributed by atoms with E-state index in [0.29, 0.717) is 18.9 Å². The van der Waals surface area contributed by atoms with E-state index in [1.807, 2.05) is 61.5 Å². The van der Waals surface area contributed by atoms with Crippen molar-refractivity contribution in [2.24, 2.45) is 5.73 Å². The number of rotatable bonds is 9. The molecule has 28 heavy (non-hydrogen) atoms. The molecule has 0 spiro atoms. The minimum absolute atomic E-state index is 0.288. The third-order valence-electron chi connectivity index (χ3n) is 4.42. The smallest absolute Gasteiger partial charge is 0.320 e. The van der Waals surface area contributed by atoms with Gasteiger partial charge in [-0.05, 0) is 36.2 Å². The Morgan fingerprint density at radius 2 is 1.89 bits per heavy atom. The summed E-state index contributed by atoms with van der Waals surface area (Å²) in [5.74, 6) is 1.22. The van der Waals surface area contributed by atoms with Crippen molar-refractivity contribution < 1.29 is 19.1 Å². The summed E-state index contributed by atoms with van der Waals surface area (Å²) in [6, 6.07) is 16.2. The molecule has 3 rings (SSSR count). The molecular formula is C22H24N2O4. The molecular weight excluding hydrogens is 356 g/mol. The van der Waals surface area contributed by atoms with Crippen LogP contribution >= 0.6 is 0 Å². The largest absolute Gasteiger partial charge is 0.493 e. The maximum atomic E-state index is 10.8. The number of carbonyl (C=O) groups is 1. The van der Waals surface area contributed by atoms with Gasteiger partial charge in [-0.3, -0.25) is 4.79 Å². The lowest BCUT2D eigenvalue weighted by molar-refractivity contribution is -0.138. The van der Waals surface area contributed by atoms with Crippen molar-refractivity contribution in [3.05, 3.63) is 71.6 Å². The van der Waals surface area contributed by atoms with E-state index in [4.69, 9.17) is 20.0 Å². The Balaban J connectivity index is 1.57. The van der Waals surface area contributed by atoms with Gasteiger partial charge in [0, 0.05) is 18.4 Å². The number of nitrogens with zero attached hydrogens (tertiary/aromatic N) is 1. The van der Waals surface area contributed by atoms with Gasteiger partial charge < -0.3 is 20.0 Å². The number of hydrogen-bond acceptors (Lipinski definition) is 5. The predicted octanol–water partition coefficient (Wildman–Crippen LogP) is 3.48. The fourth-order valence-electron chi connectivity index (χ4n) is 2.89. The summed E-state index contributed by atoms with van der Waals surface area (Å²) in [6.45, 7) is 2.52. The SMILES string of the molecule is CCc1oc(-c2ccccc2)nc1CCOc1ccc(C[C@H](N)C(=O)O)cc1. The van der Waals surface area contributed by atoms with E-state index in [0.717, 1.165) is 34.8 Å². The maximum Gasteiger partial charge on any atom is 0.320 e. The molecule has 0 saturated carbocycles. The summed E-state index contributed by atoms with van der Waals surface area (Å²) in [6.07, 6.45) is 1.70. The molecule has 0 radical (unpaired) electrons. The first-order chi connectivity index (χ1) is 13.6. The van der Waals surface area contributed by atoms with Gasteiger partial charge in [0.1, 0.15) is 17.6 Å². The summed E-state index contributed by atoms with van der Waals surface area (Å²) < 4.78 is 11.7. The quantitative estimate of drug-likeness (QED) is 0.590. The van der Waals surface area contributed by atoms with E-state index >= 15 is 0 Å². The minimum Gasteiger partial charge on any atom is -0.493 e. The van der Waals surface area contributed by atoms with Crippen LogP contribution in [0.3, 0.4) is 0 Å². The van der Waals surface area contributed by atoms with Gasteiger partial charge in [-0.25, -0.2) is 4.98 Å². The normalized spacial score (nSPS) is 11.9. The van der Waals surface area contributed by atoms with Crippen LogP contribution in [0.2, 0.25) is 0 Å². The molecule has 0 aliphatic heterocycles. The van der Waals surface area contributed by atoms with Gasteiger partial charge >= 0.3 is 5.97 Å². The molecule has 2 aromatic carbocycles. The second-order valence-electron chi connectivity index (χ2n) is 6.50. The zero-order valence-electron chi connectivity index (χ0n) is 15.8. The Kier molecular flexibility index (Phi) is 6.45. The van der Waals surface area contributed by atoms with Crippen LogP contribution in [0.4, 0.5) is 0 Å². The van der Waals surface area contributed by atoms with Crippen molar-refractivity contribution in [1.82, 2.24) is 4.98 Å². The number of hydrogen-bond donors (Lipinski definition) is 2. The third-order valence-corrected chi connectivity index (χ3v) is 4.42. The van der Waals surface area contributed by atoms with Crippen LogP contribution in [-0.2, 0) is 24.1 Å². The van der Waals surface area contributed by atoms with Gasteiger partial charge in [-0.15, -0.1) is 0 Å². The van der Waals surface area contributed by atoms with Crippen molar-refractivity contribution in [2.45, 2.75) is 32.2 Å². The van der Waals surface area contributed by atoms with Crippen LogP contribution < -0.4 is 10.5 Å². The molecule has 0 fully saturated rings. The topological polar surface area (TPSA) is 98.6 Å². The molecule has 6 nitrogen and oxygen atoms in total. The van der Waals surface area contributed by atoms with Crippen molar-refractivity contribution in [3.63, 3.8) is 0 Å². The molecule has 6 heteroatoms. The first-order valence-electron chi connectivity index (χ1n) is 9.31. The zero-order valence-corrected chi connectivity index (χ0v) is 15.8. The zero-order chi connectivity index (χ0) is 19.9. The fraction of sp³-hybridized carbons (Fsp3) is 0.273. The van der Waals surface area contributed by atoms with Crippen LogP contribution in [-0.4, -0.2) is 28.7 Å². The molecule has 0 unspecified atom stereocenters. The standard InChI is InChI=1S/C22H24N2O4/c1-2-20-19(24-21(28-20)16-6-4-3-5-7-16)12-13-27-17-10-8-15(9-11-17)14-18(23)22(25)26/h3-11,18H,2,12-14,23H2,1H3,(H,25,26)/t18-/m0/s1. The van der Waals surface area contributed by atoms with E-state index in [-0.39, 0.29) is 6.42 Å². The van der Waals surface area contributed by atoms with Crippen LogP contribution in [0.25, 0.3) is 11.5 Å². The first kappa shape index (κ1) is 19.6. The second kappa shape index (κ2) is 9.19. The van der Waals surface area contributed by atoms with E-state index in [1.165, 1.54) is 0 Å². The highest BCUT2D eigenvalue weighted by Gasteiger charge is 2.14. The molecule has 1 heterocycles. The summed E-state index contributed by atoms with van der Waals surface area (Å²) in [5, 5.41) is 8.88. The number of carboxylic acids is 1. The average Bonchev–Trinajstić information content (AvgIpc) is 3.13. The summed E-state index contributed by atoms with van der Waals surface area (Å²) in [4.78, 5) is 15.5. The predicted molar refractivity (Wildman–Crippen MR) is 106 cm³/mol. The lowest BCUT2D eigenvalue weighted by Gasteiger charge is -2.08. The highest BCUT2D eigenvalue weighted by atomic mass is 16.5. The summed E-state index contributed by atoms with van der Waals surface area (Å²) in [5.41, 5.74) is 8.28. The van der Waals surface area contributed by atoms with E-state index in [1.54, 1.807) is 0 Å². The Morgan fingerprint density at radius 3 is 2.54 bits per heavy atom. The number of benzene rings is 2.